The number of rotatable bonds is 8. The van der Waals surface area contributed by atoms with Crippen molar-refractivity contribution in [3.05, 3.63) is 86.1 Å². The van der Waals surface area contributed by atoms with Gasteiger partial charge in [0.2, 0.25) is 5.91 Å². The maximum Gasteiger partial charge on any atom is 0.270 e. The van der Waals surface area contributed by atoms with Crippen LogP contribution in [-0.2, 0) is 17.8 Å². The fourth-order valence-corrected chi connectivity index (χ4v) is 5.05. The van der Waals surface area contributed by atoms with Crippen LogP contribution in [0.3, 0.4) is 0 Å². The lowest BCUT2D eigenvalue weighted by Crippen LogP contribution is -2.39. The van der Waals surface area contributed by atoms with Crippen molar-refractivity contribution in [2.75, 3.05) is 13.1 Å². The van der Waals surface area contributed by atoms with Crippen LogP contribution in [0.2, 0.25) is 0 Å². The normalized spacial score (nSPS) is 15.1. The minimum Gasteiger partial charge on any atom is -0.339 e. The van der Waals surface area contributed by atoms with Gasteiger partial charge in [0.25, 0.3) is 5.69 Å². The van der Waals surface area contributed by atoms with E-state index in [0.29, 0.717) is 36.6 Å². The third kappa shape index (κ3) is 5.57. The molecular weight excluding hydrogens is 436 g/mol. The summed E-state index contributed by atoms with van der Waals surface area (Å²) in [5.74, 6) is 1.47. The number of benzene rings is 1. The van der Waals surface area contributed by atoms with Crippen LogP contribution in [0.15, 0.2) is 59.1 Å². The van der Waals surface area contributed by atoms with E-state index in [1.54, 1.807) is 29.5 Å². The number of amides is 1. The average Bonchev–Trinajstić information content (AvgIpc) is 3.53. The summed E-state index contributed by atoms with van der Waals surface area (Å²) in [5, 5.41) is 15.3. The van der Waals surface area contributed by atoms with Crippen molar-refractivity contribution >= 4 is 29.0 Å². The van der Waals surface area contributed by atoms with Gasteiger partial charge in [-0.3, -0.25) is 14.9 Å². The predicted molar refractivity (Wildman–Crippen MR) is 130 cm³/mol. The van der Waals surface area contributed by atoms with Crippen LogP contribution >= 0.6 is 11.3 Å². The maximum absolute atomic E-state index is 13.2. The number of nitro benzene ring substituents is 1. The van der Waals surface area contributed by atoms with Crippen molar-refractivity contribution in [3.63, 3.8) is 0 Å². The van der Waals surface area contributed by atoms with Gasteiger partial charge in [-0.1, -0.05) is 19.1 Å². The molecule has 0 radical (unpaired) electrons. The summed E-state index contributed by atoms with van der Waals surface area (Å²) in [6.07, 6.45) is 9.04. The third-order valence-electron chi connectivity index (χ3n) is 6.19. The number of piperidine rings is 1. The van der Waals surface area contributed by atoms with Crippen molar-refractivity contribution in [2.45, 2.75) is 45.1 Å². The Hall–Kier alpha value is -3.26. The summed E-state index contributed by atoms with van der Waals surface area (Å²) in [4.78, 5) is 30.3. The summed E-state index contributed by atoms with van der Waals surface area (Å²) in [5.41, 5.74) is 2.73. The molecule has 1 aliphatic heterocycles. The second-order valence-corrected chi connectivity index (χ2v) is 9.08. The lowest BCUT2D eigenvalue weighted by atomic mass is 9.95. The van der Waals surface area contributed by atoms with Gasteiger partial charge in [0.1, 0.15) is 5.82 Å². The standard InChI is InChI=1S/C25H28N4O3S/c1-2-21(16-20-4-3-5-23(17-20)29(31)32)25(30)28-12-7-22(8-13-28)24-26-10-14-27(24)11-6-19-9-15-33-18-19/h3-5,9-10,14-18,22H,2,6-8,11-13H2,1H3. The van der Waals surface area contributed by atoms with E-state index in [0.717, 1.165) is 31.6 Å². The number of nitrogens with zero attached hydrogens (tertiary/aromatic N) is 4. The fraction of sp³-hybridized carbons (Fsp3) is 0.360. The SMILES string of the molecule is CCC(=Cc1cccc([N+](=O)[O-])c1)C(=O)N1CCC(c2nccn2CCc2ccsc2)CC1. The molecular formula is C25H28N4O3S. The Morgan fingerprint density at radius 3 is 2.82 bits per heavy atom. The van der Waals surface area contributed by atoms with Crippen LogP contribution in [0, 0.1) is 10.1 Å². The fourth-order valence-electron chi connectivity index (χ4n) is 4.34. The number of hydrogen-bond acceptors (Lipinski definition) is 5. The molecule has 1 aromatic carbocycles. The third-order valence-corrected chi connectivity index (χ3v) is 6.93. The molecule has 0 aliphatic carbocycles. The number of non-ortho nitro benzene ring substituents is 1. The first-order chi connectivity index (χ1) is 16.0. The van der Waals surface area contributed by atoms with Gasteiger partial charge in [-0.15, -0.1) is 0 Å². The van der Waals surface area contributed by atoms with Crippen molar-refractivity contribution in [1.82, 2.24) is 14.5 Å². The largest absolute Gasteiger partial charge is 0.339 e. The van der Waals surface area contributed by atoms with E-state index in [9.17, 15) is 14.9 Å². The Morgan fingerprint density at radius 1 is 1.30 bits per heavy atom. The second kappa shape index (κ2) is 10.6. The van der Waals surface area contributed by atoms with Crippen molar-refractivity contribution in [2.24, 2.45) is 0 Å². The summed E-state index contributed by atoms with van der Waals surface area (Å²) in [6, 6.07) is 8.56. The molecule has 3 heterocycles. The molecule has 33 heavy (non-hydrogen) atoms. The Morgan fingerprint density at radius 2 is 2.12 bits per heavy atom. The monoisotopic (exact) mass is 464 g/mol. The lowest BCUT2D eigenvalue weighted by molar-refractivity contribution is -0.384. The highest BCUT2D eigenvalue weighted by Gasteiger charge is 2.27. The average molecular weight is 465 g/mol. The van der Waals surface area contributed by atoms with Crippen LogP contribution in [0.1, 0.15) is 49.1 Å². The maximum atomic E-state index is 13.2. The molecule has 0 atom stereocenters. The summed E-state index contributed by atoms with van der Waals surface area (Å²) < 4.78 is 2.25. The Labute approximate surface area is 197 Å². The zero-order valence-corrected chi connectivity index (χ0v) is 19.5. The minimum atomic E-state index is -0.417. The number of aromatic nitrogens is 2. The Kier molecular flexibility index (Phi) is 7.34. The molecule has 1 fully saturated rings. The molecule has 1 amide bonds. The molecule has 8 heteroatoms. The van der Waals surface area contributed by atoms with E-state index < -0.39 is 4.92 Å². The molecule has 0 bridgehead atoms. The Bertz CT molecular complexity index is 1130. The van der Waals surface area contributed by atoms with E-state index in [-0.39, 0.29) is 11.6 Å². The number of nitro groups is 1. The molecule has 3 aromatic rings. The van der Waals surface area contributed by atoms with E-state index in [1.807, 2.05) is 18.0 Å². The topological polar surface area (TPSA) is 81.3 Å². The zero-order chi connectivity index (χ0) is 23.2. The molecule has 172 valence electrons. The van der Waals surface area contributed by atoms with Crippen molar-refractivity contribution in [3.8, 4) is 0 Å². The minimum absolute atomic E-state index is 0.0169. The molecule has 7 nitrogen and oxygen atoms in total. The van der Waals surface area contributed by atoms with Gasteiger partial charge in [-0.2, -0.15) is 11.3 Å². The number of hydrogen-bond donors (Lipinski definition) is 0. The van der Waals surface area contributed by atoms with Crippen LogP contribution in [0.25, 0.3) is 6.08 Å². The van der Waals surface area contributed by atoms with E-state index >= 15 is 0 Å². The summed E-state index contributed by atoms with van der Waals surface area (Å²) >= 11 is 1.72. The summed E-state index contributed by atoms with van der Waals surface area (Å²) in [6.45, 7) is 4.23. The lowest BCUT2D eigenvalue weighted by Gasteiger charge is -2.32. The molecule has 0 spiro atoms. The van der Waals surface area contributed by atoms with Gasteiger partial charge in [-0.05, 0) is 59.7 Å². The molecule has 1 saturated heterocycles. The molecule has 0 unspecified atom stereocenters. The van der Waals surface area contributed by atoms with E-state index in [4.69, 9.17) is 0 Å². The Balaban J connectivity index is 1.38. The number of carbonyl (C=O) groups excluding carboxylic acids is 1. The van der Waals surface area contributed by atoms with Gasteiger partial charge in [-0.25, -0.2) is 4.98 Å². The number of thiophene rings is 1. The van der Waals surface area contributed by atoms with E-state index in [2.05, 4.69) is 32.6 Å². The van der Waals surface area contributed by atoms with E-state index in [1.165, 1.54) is 17.7 Å². The first-order valence-electron chi connectivity index (χ1n) is 11.3. The van der Waals surface area contributed by atoms with Crippen LogP contribution in [0.5, 0.6) is 0 Å². The first-order valence-corrected chi connectivity index (χ1v) is 12.3. The highest BCUT2D eigenvalue weighted by Crippen LogP contribution is 2.28. The van der Waals surface area contributed by atoms with Crippen LogP contribution in [-0.4, -0.2) is 38.4 Å². The highest BCUT2D eigenvalue weighted by atomic mass is 32.1. The van der Waals surface area contributed by atoms with Gasteiger partial charge >= 0.3 is 0 Å². The van der Waals surface area contributed by atoms with Gasteiger partial charge in [0, 0.05) is 55.7 Å². The zero-order valence-electron chi connectivity index (χ0n) is 18.7. The molecule has 4 rings (SSSR count). The number of likely N-dealkylation sites (tertiary alicyclic amines) is 1. The predicted octanol–water partition coefficient (Wildman–Crippen LogP) is 5.30. The summed E-state index contributed by atoms with van der Waals surface area (Å²) in [7, 11) is 0. The van der Waals surface area contributed by atoms with Crippen LogP contribution in [0.4, 0.5) is 5.69 Å². The van der Waals surface area contributed by atoms with Gasteiger partial charge in [0.05, 0.1) is 4.92 Å². The highest BCUT2D eigenvalue weighted by molar-refractivity contribution is 7.07. The quantitative estimate of drug-likeness (QED) is 0.257. The van der Waals surface area contributed by atoms with Gasteiger partial charge in [0.15, 0.2) is 0 Å². The number of carbonyl (C=O) groups is 1. The van der Waals surface area contributed by atoms with Crippen molar-refractivity contribution in [1.29, 1.82) is 0 Å². The first kappa shape index (κ1) is 22.9. The smallest absolute Gasteiger partial charge is 0.270 e. The van der Waals surface area contributed by atoms with Crippen molar-refractivity contribution < 1.29 is 9.72 Å². The molecule has 1 aliphatic rings. The number of imidazole rings is 1. The second-order valence-electron chi connectivity index (χ2n) is 8.30. The molecule has 2 aromatic heterocycles. The molecule has 0 N–H and O–H groups in total. The number of aryl methyl sites for hydroxylation is 2. The molecule has 0 saturated carbocycles. The van der Waals surface area contributed by atoms with Gasteiger partial charge < -0.3 is 9.47 Å². The van der Waals surface area contributed by atoms with Crippen LogP contribution < -0.4 is 0 Å².